The minimum Gasteiger partial charge on any atom is -0.550 e. The van der Waals surface area contributed by atoms with Crippen LogP contribution in [0.15, 0.2) is 0 Å². The first-order valence-electron chi connectivity index (χ1n) is 4.84. The average molecular weight is 210 g/mol. The molecule has 0 aliphatic carbocycles. The molecular weight excluding hydrogens is 191 g/mol. The maximum atomic E-state index is 10.9. The fraction of sp³-hybridized carbons (Fsp3) is 0.900. The van der Waals surface area contributed by atoms with Crippen molar-refractivity contribution >= 4 is 5.97 Å². The van der Waals surface area contributed by atoms with E-state index >= 15 is 0 Å². The van der Waals surface area contributed by atoms with Gasteiger partial charge in [0.15, 0.2) is 0 Å². The van der Waals surface area contributed by atoms with Gasteiger partial charge in [-0.1, -0.05) is 33.6 Å². The minimum absolute atomic E-state index is 0. The summed E-state index contributed by atoms with van der Waals surface area (Å²) in [6, 6.07) is 0. The SMILES string of the molecule is CCCCC(CC)(CC)C(=O)[O-].[K+]. The molecule has 0 fully saturated rings. The molecule has 0 aromatic carbocycles. The molecule has 0 aromatic heterocycles. The van der Waals surface area contributed by atoms with E-state index in [0.29, 0.717) is 12.8 Å². The first-order valence-corrected chi connectivity index (χ1v) is 4.84. The van der Waals surface area contributed by atoms with E-state index < -0.39 is 11.4 Å². The van der Waals surface area contributed by atoms with Crippen LogP contribution in [0.2, 0.25) is 0 Å². The third-order valence-corrected chi connectivity index (χ3v) is 2.80. The molecule has 0 bridgehead atoms. The first-order chi connectivity index (χ1) is 5.63. The molecule has 0 atom stereocenters. The number of carbonyl (C=O) groups is 1. The zero-order valence-corrected chi connectivity index (χ0v) is 12.5. The summed E-state index contributed by atoms with van der Waals surface area (Å²) in [6.45, 7) is 5.93. The standard InChI is InChI=1S/C10H20O2.K/c1-4-7-8-10(5-2,6-3)9(11)12;/h4-8H2,1-3H3,(H,11,12);/q;+1/p-1. The Hall–Kier alpha value is 1.11. The Bertz CT molecular complexity index is 142. The predicted molar refractivity (Wildman–Crippen MR) is 47.5 cm³/mol. The van der Waals surface area contributed by atoms with Crippen molar-refractivity contribution in [2.24, 2.45) is 5.41 Å². The van der Waals surface area contributed by atoms with Crippen molar-refractivity contribution in [3.63, 3.8) is 0 Å². The molecule has 0 spiro atoms. The van der Waals surface area contributed by atoms with E-state index in [2.05, 4.69) is 6.92 Å². The van der Waals surface area contributed by atoms with Crippen LogP contribution in [0.5, 0.6) is 0 Å². The van der Waals surface area contributed by atoms with E-state index in [-0.39, 0.29) is 51.4 Å². The summed E-state index contributed by atoms with van der Waals surface area (Å²) < 4.78 is 0. The molecule has 13 heavy (non-hydrogen) atoms. The van der Waals surface area contributed by atoms with Crippen molar-refractivity contribution in [1.29, 1.82) is 0 Å². The Labute approximate surface area is 124 Å². The largest absolute Gasteiger partial charge is 1.00 e. The molecular formula is C10H19KO2. The minimum atomic E-state index is -0.874. The maximum Gasteiger partial charge on any atom is 1.00 e. The van der Waals surface area contributed by atoms with Gasteiger partial charge >= 0.3 is 51.4 Å². The van der Waals surface area contributed by atoms with Crippen molar-refractivity contribution in [3.05, 3.63) is 0 Å². The van der Waals surface area contributed by atoms with Gasteiger partial charge in [0, 0.05) is 11.4 Å². The summed E-state index contributed by atoms with van der Waals surface area (Å²) in [5.74, 6) is -0.874. The van der Waals surface area contributed by atoms with Gasteiger partial charge in [0.2, 0.25) is 0 Å². The van der Waals surface area contributed by atoms with Gasteiger partial charge in [0.1, 0.15) is 0 Å². The van der Waals surface area contributed by atoms with Crippen molar-refractivity contribution in [1.82, 2.24) is 0 Å². The molecule has 0 saturated heterocycles. The molecule has 0 amide bonds. The fourth-order valence-corrected chi connectivity index (χ4v) is 1.51. The van der Waals surface area contributed by atoms with Gasteiger partial charge in [0.25, 0.3) is 0 Å². The summed E-state index contributed by atoms with van der Waals surface area (Å²) in [6.07, 6.45) is 4.17. The molecule has 2 nitrogen and oxygen atoms in total. The first kappa shape index (κ1) is 16.5. The van der Waals surface area contributed by atoms with Crippen LogP contribution in [0.4, 0.5) is 0 Å². The number of aliphatic carboxylic acids is 1. The quantitative estimate of drug-likeness (QED) is 0.513. The van der Waals surface area contributed by atoms with Crippen LogP contribution in [0.1, 0.15) is 52.9 Å². The van der Waals surface area contributed by atoms with Crippen molar-refractivity contribution in [3.8, 4) is 0 Å². The fourth-order valence-electron chi connectivity index (χ4n) is 1.51. The molecule has 0 aromatic rings. The van der Waals surface area contributed by atoms with Crippen LogP contribution in [0.3, 0.4) is 0 Å². The average Bonchev–Trinajstić information content (AvgIpc) is 2.07. The van der Waals surface area contributed by atoms with Gasteiger partial charge in [-0.15, -0.1) is 0 Å². The molecule has 0 radical (unpaired) electrons. The van der Waals surface area contributed by atoms with E-state index in [1.165, 1.54) is 0 Å². The third-order valence-electron chi connectivity index (χ3n) is 2.80. The van der Waals surface area contributed by atoms with Crippen LogP contribution in [0.25, 0.3) is 0 Å². The van der Waals surface area contributed by atoms with Gasteiger partial charge < -0.3 is 9.90 Å². The van der Waals surface area contributed by atoms with Gasteiger partial charge in [0.05, 0.1) is 0 Å². The number of carboxylic acid groups (broad SMARTS) is 1. The van der Waals surface area contributed by atoms with Crippen LogP contribution in [0, 0.1) is 5.41 Å². The second-order valence-electron chi connectivity index (χ2n) is 3.38. The van der Waals surface area contributed by atoms with E-state index in [0.717, 1.165) is 19.3 Å². The number of hydrogen-bond donors (Lipinski definition) is 0. The summed E-state index contributed by atoms with van der Waals surface area (Å²) >= 11 is 0. The Morgan fingerprint density at radius 1 is 1.23 bits per heavy atom. The Balaban J connectivity index is 0. The zero-order chi connectivity index (χ0) is 9.61. The Morgan fingerprint density at radius 2 is 1.69 bits per heavy atom. The molecule has 0 aliphatic heterocycles. The monoisotopic (exact) mass is 210 g/mol. The van der Waals surface area contributed by atoms with Crippen molar-refractivity contribution in [2.75, 3.05) is 0 Å². The molecule has 0 saturated carbocycles. The van der Waals surface area contributed by atoms with Crippen LogP contribution in [-0.2, 0) is 4.79 Å². The Morgan fingerprint density at radius 3 is 1.92 bits per heavy atom. The van der Waals surface area contributed by atoms with E-state index in [9.17, 15) is 9.90 Å². The van der Waals surface area contributed by atoms with Crippen LogP contribution in [-0.4, -0.2) is 5.97 Å². The number of carbonyl (C=O) groups excluding carboxylic acids is 1. The summed E-state index contributed by atoms with van der Waals surface area (Å²) in [4.78, 5) is 10.9. The number of unbranched alkanes of at least 4 members (excludes halogenated alkanes) is 1. The number of hydrogen-bond acceptors (Lipinski definition) is 2. The normalized spacial score (nSPS) is 10.7. The van der Waals surface area contributed by atoms with Gasteiger partial charge in [-0.2, -0.15) is 0 Å². The molecule has 0 unspecified atom stereocenters. The number of carboxylic acids is 1. The molecule has 3 heteroatoms. The smallest absolute Gasteiger partial charge is 0.550 e. The van der Waals surface area contributed by atoms with Crippen molar-refractivity contribution in [2.45, 2.75) is 52.9 Å². The predicted octanol–water partition coefficient (Wildman–Crippen LogP) is -1.26. The van der Waals surface area contributed by atoms with Gasteiger partial charge in [-0.3, -0.25) is 0 Å². The van der Waals surface area contributed by atoms with Gasteiger partial charge in [-0.25, -0.2) is 0 Å². The van der Waals surface area contributed by atoms with Gasteiger partial charge in [-0.05, 0) is 19.3 Å². The zero-order valence-electron chi connectivity index (χ0n) is 9.35. The van der Waals surface area contributed by atoms with Crippen molar-refractivity contribution < 1.29 is 61.3 Å². The van der Waals surface area contributed by atoms with Crippen LogP contribution < -0.4 is 56.5 Å². The molecule has 0 heterocycles. The summed E-state index contributed by atoms with van der Waals surface area (Å²) in [5, 5.41) is 10.9. The molecule has 0 N–H and O–H groups in total. The van der Waals surface area contributed by atoms with E-state index in [1.54, 1.807) is 0 Å². The summed E-state index contributed by atoms with van der Waals surface area (Å²) in [7, 11) is 0. The molecule has 72 valence electrons. The molecule has 0 rings (SSSR count). The van der Waals surface area contributed by atoms with Crippen LogP contribution >= 0.6 is 0 Å². The van der Waals surface area contributed by atoms with E-state index in [4.69, 9.17) is 0 Å². The summed E-state index contributed by atoms with van der Waals surface area (Å²) in [5.41, 5.74) is -0.560. The Kier molecular flexibility index (Phi) is 10.7. The maximum absolute atomic E-state index is 10.9. The second kappa shape index (κ2) is 8.42. The topological polar surface area (TPSA) is 40.1 Å². The third kappa shape index (κ3) is 4.93. The second-order valence-corrected chi connectivity index (χ2v) is 3.38. The van der Waals surface area contributed by atoms with E-state index in [1.807, 2.05) is 13.8 Å². The molecule has 0 aliphatic rings. The number of rotatable bonds is 6.